The van der Waals surface area contributed by atoms with Gasteiger partial charge in [-0.05, 0) is 57.3 Å². The third-order valence-electron chi connectivity index (χ3n) is 5.46. The lowest BCUT2D eigenvalue weighted by atomic mass is 9.83. The van der Waals surface area contributed by atoms with E-state index in [0.717, 1.165) is 35.6 Å². The van der Waals surface area contributed by atoms with Crippen LogP contribution in [0.3, 0.4) is 0 Å². The Morgan fingerprint density at radius 1 is 1.43 bits per heavy atom. The van der Waals surface area contributed by atoms with E-state index in [1.807, 2.05) is 4.68 Å². The van der Waals surface area contributed by atoms with Gasteiger partial charge in [0.05, 0.1) is 25.0 Å². The predicted molar refractivity (Wildman–Crippen MR) is 82.8 cm³/mol. The van der Waals surface area contributed by atoms with E-state index in [0.29, 0.717) is 6.04 Å². The van der Waals surface area contributed by atoms with Crippen molar-refractivity contribution in [3.63, 3.8) is 0 Å². The number of fused-ring (bicyclic) bond motifs is 2. The van der Waals surface area contributed by atoms with Crippen molar-refractivity contribution in [1.82, 2.24) is 15.2 Å². The highest BCUT2D eigenvalue weighted by Crippen LogP contribution is 2.51. The quantitative estimate of drug-likeness (QED) is 0.625. The zero-order valence-electron chi connectivity index (χ0n) is 13.4. The highest BCUT2D eigenvalue weighted by molar-refractivity contribution is 5.29. The second kappa shape index (κ2) is 5.97. The zero-order chi connectivity index (χ0) is 15.0. The topological polar surface area (TPSA) is 65.1 Å². The minimum atomic E-state index is 0.120. The highest BCUT2D eigenvalue weighted by atomic mass is 16.5. The Hall–Kier alpha value is -1.07. The van der Waals surface area contributed by atoms with Crippen LogP contribution in [0.15, 0.2) is 6.20 Å². The Balaban J connectivity index is 1.81. The molecule has 3 N–H and O–H groups in total. The first kappa shape index (κ1) is 14.9. The summed E-state index contributed by atoms with van der Waals surface area (Å²) in [6.07, 6.45) is 8.55. The van der Waals surface area contributed by atoms with Crippen molar-refractivity contribution >= 4 is 0 Å². The molecule has 0 spiro atoms. The van der Waals surface area contributed by atoms with Gasteiger partial charge in [-0.3, -0.25) is 16.0 Å². The van der Waals surface area contributed by atoms with Crippen LogP contribution in [0.1, 0.15) is 63.7 Å². The van der Waals surface area contributed by atoms with Gasteiger partial charge in [-0.25, -0.2) is 0 Å². The fourth-order valence-corrected chi connectivity index (χ4v) is 4.48. The third-order valence-corrected chi connectivity index (χ3v) is 5.46. The largest absolute Gasteiger partial charge is 0.493 e. The molecule has 4 unspecified atom stereocenters. The second-order valence-corrected chi connectivity index (χ2v) is 7.03. The van der Waals surface area contributed by atoms with Crippen molar-refractivity contribution in [3.05, 3.63) is 11.9 Å². The van der Waals surface area contributed by atoms with Crippen LogP contribution in [-0.4, -0.2) is 16.9 Å². The third kappa shape index (κ3) is 2.69. The molecule has 2 aliphatic carbocycles. The molecule has 1 aromatic rings. The van der Waals surface area contributed by atoms with Crippen molar-refractivity contribution in [3.8, 4) is 5.75 Å². The minimum Gasteiger partial charge on any atom is -0.493 e. The summed E-state index contributed by atoms with van der Waals surface area (Å²) in [6.45, 7) is 4.28. The van der Waals surface area contributed by atoms with Crippen LogP contribution in [0.2, 0.25) is 0 Å². The molecule has 2 bridgehead atoms. The molecule has 0 amide bonds. The summed E-state index contributed by atoms with van der Waals surface area (Å²) in [6, 6.07) is 0.425. The van der Waals surface area contributed by atoms with Gasteiger partial charge in [-0.1, -0.05) is 6.42 Å². The van der Waals surface area contributed by atoms with Crippen LogP contribution >= 0.6 is 0 Å². The second-order valence-electron chi connectivity index (χ2n) is 7.03. The maximum Gasteiger partial charge on any atom is 0.161 e. The van der Waals surface area contributed by atoms with Crippen LogP contribution in [0.4, 0.5) is 0 Å². The van der Waals surface area contributed by atoms with E-state index < -0.39 is 0 Å². The maximum absolute atomic E-state index is 5.89. The molecule has 0 saturated heterocycles. The molecule has 0 radical (unpaired) electrons. The maximum atomic E-state index is 5.89. The Bertz CT molecular complexity index is 485. The molecule has 2 aliphatic rings. The molecule has 3 rings (SSSR count). The number of hydrogen-bond donors (Lipinski definition) is 2. The van der Waals surface area contributed by atoms with Crippen LogP contribution in [0.5, 0.6) is 5.75 Å². The molecule has 1 heterocycles. The van der Waals surface area contributed by atoms with Gasteiger partial charge in [0.15, 0.2) is 5.75 Å². The number of methoxy groups -OCH3 is 1. The average Bonchev–Trinajstić information content (AvgIpc) is 3.18. The van der Waals surface area contributed by atoms with Gasteiger partial charge in [-0.2, -0.15) is 5.10 Å². The standard InChI is InChI=1S/C16H28N4O/c1-10(2)20-16(15(21-3)9-18-20)14(19-17)8-13-7-11-4-5-12(13)6-11/h9-14,19H,4-8,17H2,1-3H3. The minimum absolute atomic E-state index is 0.120. The monoisotopic (exact) mass is 292 g/mol. The number of ether oxygens (including phenoxy) is 1. The molecular weight excluding hydrogens is 264 g/mol. The van der Waals surface area contributed by atoms with E-state index in [1.165, 1.54) is 25.7 Å². The predicted octanol–water partition coefficient (Wildman–Crippen LogP) is 2.80. The Morgan fingerprint density at radius 2 is 2.24 bits per heavy atom. The zero-order valence-corrected chi connectivity index (χ0v) is 13.4. The summed E-state index contributed by atoms with van der Waals surface area (Å²) in [4.78, 5) is 0. The Kier molecular flexibility index (Phi) is 4.22. The van der Waals surface area contributed by atoms with Crippen LogP contribution in [0, 0.1) is 17.8 Å². The van der Waals surface area contributed by atoms with Gasteiger partial charge in [-0.15, -0.1) is 0 Å². The van der Waals surface area contributed by atoms with Crippen LogP contribution < -0.4 is 16.0 Å². The van der Waals surface area contributed by atoms with E-state index in [1.54, 1.807) is 13.3 Å². The molecule has 0 aromatic carbocycles. The number of nitrogens with one attached hydrogen (secondary N) is 1. The summed E-state index contributed by atoms with van der Waals surface area (Å²) < 4.78 is 7.54. The fraction of sp³-hybridized carbons (Fsp3) is 0.812. The number of hydrazine groups is 1. The summed E-state index contributed by atoms with van der Waals surface area (Å²) in [7, 11) is 1.70. The molecule has 21 heavy (non-hydrogen) atoms. The summed E-state index contributed by atoms with van der Waals surface area (Å²) >= 11 is 0. The SMILES string of the molecule is COc1cnn(C(C)C)c1C(CC1CC2CCC1C2)NN. The van der Waals surface area contributed by atoms with E-state index in [9.17, 15) is 0 Å². The molecule has 4 atom stereocenters. The van der Waals surface area contributed by atoms with E-state index >= 15 is 0 Å². The lowest BCUT2D eigenvalue weighted by Gasteiger charge is -2.27. The molecular formula is C16H28N4O. The summed E-state index contributed by atoms with van der Waals surface area (Å²) in [5, 5.41) is 4.47. The molecule has 118 valence electrons. The van der Waals surface area contributed by atoms with Crippen molar-refractivity contribution in [2.45, 2.75) is 58.0 Å². The van der Waals surface area contributed by atoms with Crippen LogP contribution in [-0.2, 0) is 0 Å². The van der Waals surface area contributed by atoms with Crippen molar-refractivity contribution in [2.75, 3.05) is 7.11 Å². The lowest BCUT2D eigenvalue weighted by molar-refractivity contribution is 0.268. The van der Waals surface area contributed by atoms with Gasteiger partial charge in [0.25, 0.3) is 0 Å². The van der Waals surface area contributed by atoms with Gasteiger partial charge >= 0.3 is 0 Å². The fourth-order valence-electron chi connectivity index (χ4n) is 4.48. The number of nitrogens with two attached hydrogens (primary N) is 1. The first-order chi connectivity index (χ1) is 10.1. The van der Waals surface area contributed by atoms with Crippen LogP contribution in [0.25, 0.3) is 0 Å². The number of hydrogen-bond acceptors (Lipinski definition) is 4. The smallest absolute Gasteiger partial charge is 0.161 e. The van der Waals surface area contributed by atoms with Gasteiger partial charge in [0.1, 0.15) is 0 Å². The van der Waals surface area contributed by atoms with E-state index in [-0.39, 0.29) is 6.04 Å². The Labute approximate surface area is 127 Å². The highest BCUT2D eigenvalue weighted by Gasteiger charge is 2.41. The van der Waals surface area contributed by atoms with Gasteiger partial charge in [0.2, 0.25) is 0 Å². The molecule has 0 aliphatic heterocycles. The first-order valence-electron chi connectivity index (χ1n) is 8.21. The summed E-state index contributed by atoms with van der Waals surface area (Å²) in [5.74, 6) is 9.40. The van der Waals surface area contributed by atoms with E-state index in [2.05, 4.69) is 24.4 Å². The molecule has 1 aromatic heterocycles. The van der Waals surface area contributed by atoms with Gasteiger partial charge < -0.3 is 4.74 Å². The molecule has 2 fully saturated rings. The number of aromatic nitrogens is 2. The molecule has 5 nitrogen and oxygen atoms in total. The van der Waals surface area contributed by atoms with Crippen molar-refractivity contribution in [1.29, 1.82) is 0 Å². The molecule has 2 saturated carbocycles. The average molecular weight is 292 g/mol. The normalized spacial score (nSPS) is 29.3. The first-order valence-corrected chi connectivity index (χ1v) is 8.21. The number of nitrogens with zero attached hydrogens (tertiary/aromatic N) is 2. The lowest BCUT2D eigenvalue weighted by Crippen LogP contribution is -2.33. The van der Waals surface area contributed by atoms with E-state index in [4.69, 9.17) is 10.6 Å². The van der Waals surface area contributed by atoms with Crippen molar-refractivity contribution in [2.24, 2.45) is 23.6 Å². The van der Waals surface area contributed by atoms with Crippen molar-refractivity contribution < 1.29 is 4.74 Å². The Morgan fingerprint density at radius 3 is 2.76 bits per heavy atom. The van der Waals surface area contributed by atoms with Gasteiger partial charge in [0, 0.05) is 6.04 Å². The number of rotatable bonds is 6. The molecule has 5 heteroatoms. The summed E-state index contributed by atoms with van der Waals surface area (Å²) in [5.41, 5.74) is 4.12.